The van der Waals surface area contributed by atoms with Gasteiger partial charge in [0, 0.05) is 23.2 Å². The number of hydrogen-bond donors (Lipinski definition) is 4. The molecule has 10 heteroatoms. The number of amides is 2. The molecule has 0 unspecified atom stereocenters. The first-order chi connectivity index (χ1) is 18.8. The third kappa shape index (κ3) is 6.96. The van der Waals surface area contributed by atoms with Gasteiger partial charge in [-0.2, -0.15) is 0 Å². The van der Waals surface area contributed by atoms with Gasteiger partial charge < -0.3 is 20.7 Å². The van der Waals surface area contributed by atoms with Crippen LogP contribution >= 0.6 is 23.2 Å². The highest BCUT2D eigenvalue weighted by atomic mass is 35.5. The molecule has 4 aromatic rings. The van der Waals surface area contributed by atoms with E-state index in [1.54, 1.807) is 36.4 Å². The number of unbranched alkanes of at least 4 members (excludes halogenated alkanes) is 4. The molecule has 4 N–H and O–H groups in total. The zero-order chi connectivity index (χ0) is 27.9. The Bertz CT molecular complexity index is 1480. The number of H-pyrrole nitrogens is 1. The fourth-order valence-electron chi connectivity index (χ4n) is 4.12. The molecule has 0 radical (unpaired) electrons. The van der Waals surface area contributed by atoms with Crippen molar-refractivity contribution >= 4 is 57.7 Å². The van der Waals surface area contributed by atoms with E-state index in [0.717, 1.165) is 36.8 Å². The lowest BCUT2D eigenvalue weighted by Gasteiger charge is -2.11. The Morgan fingerprint density at radius 3 is 2.28 bits per heavy atom. The number of aromatic amines is 1. The number of benzene rings is 3. The second-order valence-corrected chi connectivity index (χ2v) is 9.95. The molecule has 2 amide bonds. The maximum atomic E-state index is 12.9. The summed E-state index contributed by atoms with van der Waals surface area (Å²) in [6.45, 7) is 2.66. The topological polar surface area (TPSA) is 124 Å². The van der Waals surface area contributed by atoms with Crippen molar-refractivity contribution in [3.05, 3.63) is 81.3 Å². The van der Waals surface area contributed by atoms with Crippen LogP contribution in [-0.4, -0.2) is 39.4 Å². The summed E-state index contributed by atoms with van der Waals surface area (Å²) in [4.78, 5) is 45.0. The van der Waals surface area contributed by atoms with Gasteiger partial charge in [-0.05, 0) is 48.9 Å². The lowest BCUT2D eigenvalue weighted by molar-refractivity contribution is 0.0698. The van der Waals surface area contributed by atoms with Crippen LogP contribution in [-0.2, 0) is 0 Å². The van der Waals surface area contributed by atoms with Crippen molar-refractivity contribution in [2.75, 3.05) is 11.9 Å². The first kappa shape index (κ1) is 28.1. The van der Waals surface area contributed by atoms with Gasteiger partial charge in [0.25, 0.3) is 11.8 Å². The standard InChI is InChI=1S/C29H28Cl2N4O4/c1-2-3-4-5-6-13-32-27(36)19-11-12-23(20(14-19)29(38)39)35-28(37)18-9-7-17(8-10-18)26-33-24-15-21(30)22(31)16-25(24)34-26/h7-12,14-16H,2-6,13H2,1H3,(H,32,36)(H,33,34)(H,35,37)(H,38,39). The van der Waals surface area contributed by atoms with Gasteiger partial charge in [-0.25, -0.2) is 9.78 Å². The molecule has 0 saturated carbocycles. The highest BCUT2D eigenvalue weighted by Crippen LogP contribution is 2.29. The number of carboxylic acid groups (broad SMARTS) is 1. The van der Waals surface area contributed by atoms with Gasteiger partial charge >= 0.3 is 5.97 Å². The number of nitrogens with one attached hydrogen (secondary N) is 3. The fraction of sp³-hybridized carbons (Fsp3) is 0.241. The summed E-state index contributed by atoms with van der Waals surface area (Å²) in [5, 5.41) is 16.0. The molecular weight excluding hydrogens is 539 g/mol. The van der Waals surface area contributed by atoms with Gasteiger partial charge in [-0.1, -0.05) is 67.9 Å². The van der Waals surface area contributed by atoms with Crippen molar-refractivity contribution in [2.24, 2.45) is 0 Å². The average Bonchev–Trinajstić information content (AvgIpc) is 3.33. The maximum Gasteiger partial charge on any atom is 0.337 e. The minimum atomic E-state index is -1.25. The SMILES string of the molecule is CCCCCCCNC(=O)c1ccc(NC(=O)c2ccc(-c3nc4cc(Cl)c(Cl)cc4[nH]3)cc2)c(C(=O)O)c1. The number of hydrogen-bond acceptors (Lipinski definition) is 4. The molecule has 0 saturated heterocycles. The zero-order valence-corrected chi connectivity index (χ0v) is 22.8. The van der Waals surface area contributed by atoms with Crippen LogP contribution in [0.5, 0.6) is 0 Å². The van der Waals surface area contributed by atoms with Crippen LogP contribution in [0.4, 0.5) is 5.69 Å². The van der Waals surface area contributed by atoms with Crippen molar-refractivity contribution < 1.29 is 19.5 Å². The summed E-state index contributed by atoms with van der Waals surface area (Å²) in [6.07, 6.45) is 5.33. The fourth-order valence-corrected chi connectivity index (χ4v) is 4.44. The van der Waals surface area contributed by atoms with Crippen molar-refractivity contribution in [1.82, 2.24) is 15.3 Å². The van der Waals surface area contributed by atoms with Crippen molar-refractivity contribution in [2.45, 2.75) is 39.0 Å². The molecule has 0 atom stereocenters. The van der Waals surface area contributed by atoms with Crippen LogP contribution in [0.1, 0.15) is 70.1 Å². The molecule has 0 fully saturated rings. The van der Waals surface area contributed by atoms with Crippen molar-refractivity contribution in [3.8, 4) is 11.4 Å². The number of nitrogens with zero attached hydrogens (tertiary/aromatic N) is 1. The van der Waals surface area contributed by atoms with Crippen LogP contribution < -0.4 is 10.6 Å². The summed E-state index contributed by atoms with van der Waals surface area (Å²) in [6, 6.07) is 14.2. The summed E-state index contributed by atoms with van der Waals surface area (Å²) >= 11 is 12.2. The van der Waals surface area contributed by atoms with Crippen LogP contribution in [0.15, 0.2) is 54.6 Å². The number of carbonyl (C=O) groups is 3. The predicted molar refractivity (Wildman–Crippen MR) is 154 cm³/mol. The Morgan fingerprint density at radius 2 is 1.56 bits per heavy atom. The molecule has 0 bridgehead atoms. The Balaban J connectivity index is 1.43. The highest BCUT2D eigenvalue weighted by Gasteiger charge is 2.17. The molecule has 0 aliphatic heterocycles. The Morgan fingerprint density at radius 1 is 0.872 bits per heavy atom. The monoisotopic (exact) mass is 566 g/mol. The first-order valence-electron chi connectivity index (χ1n) is 12.7. The summed E-state index contributed by atoms with van der Waals surface area (Å²) < 4.78 is 0. The van der Waals surface area contributed by atoms with E-state index in [1.807, 2.05) is 0 Å². The van der Waals surface area contributed by atoms with Gasteiger partial charge in [0.15, 0.2) is 0 Å². The Labute approximate surface area is 235 Å². The van der Waals surface area contributed by atoms with E-state index in [9.17, 15) is 19.5 Å². The van der Waals surface area contributed by atoms with Gasteiger partial charge in [0.1, 0.15) is 5.82 Å². The average molecular weight is 567 g/mol. The third-order valence-corrected chi connectivity index (χ3v) is 6.99. The zero-order valence-electron chi connectivity index (χ0n) is 21.3. The number of anilines is 1. The minimum Gasteiger partial charge on any atom is -0.478 e. The Hall–Kier alpha value is -3.88. The summed E-state index contributed by atoms with van der Waals surface area (Å²) in [5.41, 5.74) is 2.59. The largest absolute Gasteiger partial charge is 0.478 e. The van der Waals surface area contributed by atoms with Crippen LogP contribution in [0.2, 0.25) is 10.0 Å². The number of fused-ring (bicyclic) bond motifs is 1. The lowest BCUT2D eigenvalue weighted by Crippen LogP contribution is -2.25. The van der Waals surface area contributed by atoms with E-state index in [4.69, 9.17) is 23.2 Å². The molecule has 1 aromatic heterocycles. The van der Waals surface area contributed by atoms with Gasteiger partial charge in [-0.3, -0.25) is 9.59 Å². The third-order valence-electron chi connectivity index (χ3n) is 6.27. The normalized spacial score (nSPS) is 10.9. The first-order valence-corrected chi connectivity index (χ1v) is 13.4. The number of carboxylic acids is 1. The number of rotatable bonds is 11. The second kappa shape index (κ2) is 12.8. The predicted octanol–water partition coefficient (Wildman–Crippen LogP) is 7.19. The lowest BCUT2D eigenvalue weighted by atomic mass is 10.1. The molecule has 8 nitrogen and oxygen atoms in total. The molecule has 0 aliphatic carbocycles. The molecule has 1 heterocycles. The highest BCUT2D eigenvalue weighted by molar-refractivity contribution is 6.42. The second-order valence-electron chi connectivity index (χ2n) is 9.14. The van der Waals surface area contributed by atoms with E-state index >= 15 is 0 Å². The molecule has 4 rings (SSSR count). The molecule has 0 aliphatic rings. The smallest absolute Gasteiger partial charge is 0.337 e. The summed E-state index contributed by atoms with van der Waals surface area (Å²) in [7, 11) is 0. The van der Waals surface area contributed by atoms with E-state index in [0.29, 0.717) is 33.5 Å². The van der Waals surface area contributed by atoms with Gasteiger partial charge in [-0.15, -0.1) is 0 Å². The van der Waals surface area contributed by atoms with E-state index in [-0.39, 0.29) is 22.7 Å². The van der Waals surface area contributed by atoms with Crippen LogP contribution in [0.3, 0.4) is 0 Å². The maximum absolute atomic E-state index is 12.9. The number of imidazole rings is 1. The van der Waals surface area contributed by atoms with Crippen molar-refractivity contribution in [3.63, 3.8) is 0 Å². The molecule has 0 spiro atoms. The van der Waals surface area contributed by atoms with E-state index < -0.39 is 11.9 Å². The quantitative estimate of drug-likeness (QED) is 0.143. The molecular formula is C29H28Cl2N4O4. The van der Waals surface area contributed by atoms with E-state index in [2.05, 4.69) is 27.5 Å². The number of aromatic carboxylic acids is 1. The molecule has 3 aromatic carbocycles. The number of aromatic nitrogens is 2. The van der Waals surface area contributed by atoms with Gasteiger partial charge in [0.05, 0.1) is 32.3 Å². The Kier molecular flexibility index (Phi) is 9.22. The molecule has 202 valence electrons. The van der Waals surface area contributed by atoms with Crippen LogP contribution in [0, 0.1) is 0 Å². The van der Waals surface area contributed by atoms with Crippen LogP contribution in [0.25, 0.3) is 22.4 Å². The number of halogens is 2. The van der Waals surface area contributed by atoms with E-state index in [1.165, 1.54) is 24.6 Å². The molecule has 39 heavy (non-hydrogen) atoms. The summed E-state index contributed by atoms with van der Waals surface area (Å²) in [5.74, 6) is -1.51. The van der Waals surface area contributed by atoms with Crippen molar-refractivity contribution in [1.29, 1.82) is 0 Å². The number of carbonyl (C=O) groups excluding carboxylic acids is 2. The minimum absolute atomic E-state index is 0.0960. The van der Waals surface area contributed by atoms with Gasteiger partial charge in [0.2, 0.25) is 0 Å².